The summed E-state index contributed by atoms with van der Waals surface area (Å²) >= 11 is 0. The maximum absolute atomic E-state index is 11.2. The van der Waals surface area contributed by atoms with Gasteiger partial charge in [-0.2, -0.15) is 5.26 Å². The lowest BCUT2D eigenvalue weighted by Crippen LogP contribution is -2.55. The van der Waals surface area contributed by atoms with Crippen LogP contribution >= 0.6 is 0 Å². The van der Waals surface area contributed by atoms with E-state index in [1.807, 2.05) is 0 Å². The third-order valence-corrected chi connectivity index (χ3v) is 8.34. The zero-order chi connectivity index (χ0) is 19.9. The molecule has 3 fully saturated rings. The number of rotatable bonds is 3. The van der Waals surface area contributed by atoms with Crippen LogP contribution in [0.1, 0.15) is 61.8 Å². The molecular weight excluding hydrogens is 330 g/mol. The Kier molecular flexibility index (Phi) is 4.38. The SMILES string of the molecule is CC1C2CC3(C#N)C(O)OC(C2OC(O)C(C)(C(C)(C)C)C(C)(C)C)C13. The van der Waals surface area contributed by atoms with Crippen molar-refractivity contribution in [3.8, 4) is 6.07 Å². The monoisotopic (exact) mass is 365 g/mol. The first-order valence-corrected chi connectivity index (χ1v) is 9.80. The third-order valence-electron chi connectivity index (χ3n) is 8.34. The van der Waals surface area contributed by atoms with Gasteiger partial charge in [-0.3, -0.25) is 0 Å². The van der Waals surface area contributed by atoms with E-state index in [0.717, 1.165) is 0 Å². The van der Waals surface area contributed by atoms with E-state index in [0.29, 0.717) is 6.42 Å². The first-order chi connectivity index (χ1) is 11.7. The predicted molar refractivity (Wildman–Crippen MR) is 97.6 cm³/mol. The standard InChI is InChI=1S/C21H35NO4/c1-11-12-9-21(10-22)13(11)15(26-17(21)24)14(12)25-16(23)20(8,18(2,3)4)19(5,6)7/h11-17,23-24H,9H2,1-8H3. The van der Waals surface area contributed by atoms with E-state index in [-0.39, 0.29) is 40.8 Å². The number of ether oxygens (including phenoxy) is 2. The van der Waals surface area contributed by atoms with Crippen molar-refractivity contribution in [1.82, 2.24) is 0 Å². The van der Waals surface area contributed by atoms with Crippen LogP contribution in [0, 0.1) is 50.7 Å². The summed E-state index contributed by atoms with van der Waals surface area (Å²) in [4.78, 5) is 0. The molecule has 0 amide bonds. The molecule has 8 unspecified atom stereocenters. The molecule has 5 heteroatoms. The number of fused-ring (bicyclic) bond motifs is 1. The molecule has 0 radical (unpaired) electrons. The minimum absolute atomic E-state index is 0.0276. The van der Waals surface area contributed by atoms with Gasteiger partial charge in [0.05, 0.1) is 18.3 Å². The smallest absolute Gasteiger partial charge is 0.174 e. The first-order valence-electron chi connectivity index (χ1n) is 9.80. The molecule has 26 heavy (non-hydrogen) atoms. The van der Waals surface area contributed by atoms with Crippen molar-refractivity contribution >= 4 is 0 Å². The topological polar surface area (TPSA) is 82.7 Å². The molecule has 1 heterocycles. The van der Waals surface area contributed by atoms with Gasteiger partial charge >= 0.3 is 0 Å². The van der Waals surface area contributed by atoms with Crippen LogP contribution in [0.3, 0.4) is 0 Å². The average molecular weight is 366 g/mol. The Hall–Kier alpha value is -0.670. The van der Waals surface area contributed by atoms with E-state index in [1.165, 1.54) is 0 Å². The molecule has 2 aliphatic carbocycles. The second-order valence-corrected chi connectivity index (χ2v) is 11.0. The summed E-state index contributed by atoms with van der Waals surface area (Å²) in [5, 5.41) is 31.3. The highest BCUT2D eigenvalue weighted by Crippen LogP contribution is 2.67. The summed E-state index contributed by atoms with van der Waals surface area (Å²) in [6.45, 7) is 17.0. The van der Waals surface area contributed by atoms with E-state index in [1.54, 1.807) is 0 Å². The molecule has 148 valence electrons. The average Bonchev–Trinajstić information content (AvgIpc) is 3.01. The highest BCUT2D eigenvalue weighted by Gasteiger charge is 2.73. The van der Waals surface area contributed by atoms with E-state index in [2.05, 4.69) is 61.5 Å². The van der Waals surface area contributed by atoms with Gasteiger partial charge in [0.25, 0.3) is 0 Å². The Labute approximate surface area is 157 Å². The molecular formula is C21H35NO4. The zero-order valence-corrected chi connectivity index (χ0v) is 17.4. The fourth-order valence-corrected chi connectivity index (χ4v) is 6.11. The van der Waals surface area contributed by atoms with Gasteiger partial charge in [-0.25, -0.2) is 0 Å². The Morgan fingerprint density at radius 1 is 1.15 bits per heavy atom. The fraction of sp³-hybridized carbons (Fsp3) is 0.952. The van der Waals surface area contributed by atoms with E-state index < -0.39 is 23.4 Å². The first kappa shape index (κ1) is 20.1. The van der Waals surface area contributed by atoms with Crippen LogP contribution in [0.5, 0.6) is 0 Å². The quantitative estimate of drug-likeness (QED) is 0.750. The van der Waals surface area contributed by atoms with Gasteiger partial charge in [0.1, 0.15) is 5.41 Å². The van der Waals surface area contributed by atoms with Crippen molar-refractivity contribution in [2.24, 2.45) is 39.4 Å². The summed E-state index contributed by atoms with van der Waals surface area (Å²) < 4.78 is 12.1. The van der Waals surface area contributed by atoms with Gasteiger partial charge in [-0.1, -0.05) is 55.4 Å². The van der Waals surface area contributed by atoms with Gasteiger partial charge in [-0.05, 0) is 29.1 Å². The van der Waals surface area contributed by atoms with Gasteiger partial charge in [0.15, 0.2) is 12.6 Å². The van der Waals surface area contributed by atoms with Crippen LogP contribution in [0.2, 0.25) is 0 Å². The molecule has 1 saturated heterocycles. The number of nitrogens with zero attached hydrogens (tertiary/aromatic N) is 1. The van der Waals surface area contributed by atoms with Crippen molar-refractivity contribution in [3.05, 3.63) is 0 Å². The second-order valence-electron chi connectivity index (χ2n) is 11.0. The van der Waals surface area contributed by atoms with E-state index in [4.69, 9.17) is 9.47 Å². The Morgan fingerprint density at radius 3 is 2.15 bits per heavy atom. The minimum Gasteiger partial charge on any atom is -0.367 e. The van der Waals surface area contributed by atoms with Crippen LogP contribution in [-0.4, -0.2) is 35.0 Å². The van der Waals surface area contributed by atoms with Crippen molar-refractivity contribution < 1.29 is 19.7 Å². The lowest BCUT2D eigenvalue weighted by atomic mass is 9.54. The molecule has 2 saturated carbocycles. The van der Waals surface area contributed by atoms with Crippen LogP contribution in [-0.2, 0) is 9.47 Å². The molecule has 2 N–H and O–H groups in total. The number of hydrogen-bond acceptors (Lipinski definition) is 5. The molecule has 0 spiro atoms. The van der Waals surface area contributed by atoms with Crippen molar-refractivity contribution in [1.29, 1.82) is 5.26 Å². The van der Waals surface area contributed by atoms with Crippen molar-refractivity contribution in [3.63, 3.8) is 0 Å². The maximum Gasteiger partial charge on any atom is 0.174 e. The fourth-order valence-electron chi connectivity index (χ4n) is 6.11. The summed E-state index contributed by atoms with van der Waals surface area (Å²) in [6.07, 6.45) is -2.05. The highest BCUT2D eigenvalue weighted by molar-refractivity contribution is 5.24. The van der Waals surface area contributed by atoms with Crippen LogP contribution in [0.25, 0.3) is 0 Å². The third kappa shape index (κ3) is 2.29. The summed E-state index contributed by atoms with van der Waals surface area (Å²) in [5.74, 6) is 0.338. The summed E-state index contributed by atoms with van der Waals surface area (Å²) in [7, 11) is 0. The zero-order valence-electron chi connectivity index (χ0n) is 17.4. The lowest BCUT2D eigenvalue weighted by Gasteiger charge is -2.54. The second kappa shape index (κ2) is 5.67. The largest absolute Gasteiger partial charge is 0.367 e. The molecule has 1 aliphatic heterocycles. The van der Waals surface area contributed by atoms with Crippen molar-refractivity contribution in [2.45, 2.75) is 86.6 Å². The lowest BCUT2D eigenvalue weighted by molar-refractivity contribution is -0.274. The number of aliphatic hydroxyl groups is 2. The van der Waals surface area contributed by atoms with Crippen LogP contribution in [0.15, 0.2) is 0 Å². The summed E-state index contributed by atoms with van der Waals surface area (Å²) in [5.41, 5.74) is -1.66. The molecule has 5 nitrogen and oxygen atoms in total. The van der Waals surface area contributed by atoms with E-state index >= 15 is 0 Å². The van der Waals surface area contributed by atoms with E-state index in [9.17, 15) is 15.5 Å². The predicted octanol–water partition coefficient (Wildman–Crippen LogP) is 3.30. The molecule has 3 rings (SSSR count). The molecule has 3 aliphatic rings. The number of hydrogen-bond donors (Lipinski definition) is 2. The minimum atomic E-state index is -1.06. The summed E-state index contributed by atoms with van der Waals surface area (Å²) in [6, 6.07) is 2.34. The number of nitriles is 1. The van der Waals surface area contributed by atoms with Gasteiger partial charge in [0, 0.05) is 11.3 Å². The van der Waals surface area contributed by atoms with Crippen molar-refractivity contribution in [2.75, 3.05) is 0 Å². The van der Waals surface area contributed by atoms with Crippen LogP contribution in [0.4, 0.5) is 0 Å². The molecule has 0 aromatic heterocycles. The van der Waals surface area contributed by atoms with Gasteiger partial charge in [0.2, 0.25) is 0 Å². The Bertz CT molecular complexity index is 599. The maximum atomic E-state index is 11.2. The van der Waals surface area contributed by atoms with Crippen LogP contribution < -0.4 is 0 Å². The molecule has 0 aromatic carbocycles. The number of aliphatic hydroxyl groups excluding tert-OH is 2. The Morgan fingerprint density at radius 2 is 1.69 bits per heavy atom. The van der Waals surface area contributed by atoms with Gasteiger partial charge in [-0.15, -0.1) is 0 Å². The molecule has 8 atom stereocenters. The normalized spacial score (nSPS) is 43.6. The highest BCUT2D eigenvalue weighted by atomic mass is 16.7. The molecule has 0 aromatic rings. The Balaban J connectivity index is 1.88. The molecule has 2 bridgehead atoms. The van der Waals surface area contributed by atoms with Gasteiger partial charge < -0.3 is 19.7 Å².